The first-order valence-electron chi connectivity index (χ1n) is 1.52. The molecule has 0 N–H and O–H groups in total. The molecule has 0 saturated carbocycles. The highest BCUT2D eigenvalue weighted by molar-refractivity contribution is 5.02. The van der Waals surface area contributed by atoms with Gasteiger partial charge in [0.1, 0.15) is 11.9 Å². The van der Waals surface area contributed by atoms with Crippen LogP contribution in [0.15, 0.2) is 0 Å². The minimum atomic E-state index is 0.0139. The molecule has 5 nitrogen and oxygen atoms in total. The van der Waals surface area contributed by atoms with E-state index in [2.05, 4.69) is 20.6 Å². The van der Waals surface area contributed by atoms with Crippen LogP contribution in [-0.4, -0.2) is 15.5 Å². The molecule has 0 radical (unpaired) electrons. The molecule has 1 heterocycles. The number of nitriles is 1. The molecular formula is C2N5-. The van der Waals surface area contributed by atoms with E-state index in [-0.39, 0.29) is 5.82 Å². The Morgan fingerprint density at radius 2 is 2.57 bits per heavy atom. The molecule has 1 rings (SSSR count). The van der Waals surface area contributed by atoms with Crippen LogP contribution < -0.4 is 5.10 Å². The summed E-state index contributed by atoms with van der Waals surface area (Å²) in [5, 5.41) is 20.5. The van der Waals surface area contributed by atoms with Crippen molar-refractivity contribution in [2.75, 3.05) is 0 Å². The van der Waals surface area contributed by atoms with Gasteiger partial charge in [0.05, 0.1) is 0 Å². The molecular weight excluding hydrogens is 94.1 g/mol. The van der Waals surface area contributed by atoms with Gasteiger partial charge in [0.15, 0.2) is 0 Å². The van der Waals surface area contributed by atoms with Crippen molar-refractivity contribution in [3.8, 4) is 6.07 Å². The molecule has 1 aromatic rings. The van der Waals surface area contributed by atoms with E-state index in [4.69, 9.17) is 5.26 Å². The Morgan fingerprint density at radius 3 is 2.86 bits per heavy atom. The van der Waals surface area contributed by atoms with Crippen molar-refractivity contribution in [3.05, 3.63) is 5.82 Å². The summed E-state index contributed by atoms with van der Waals surface area (Å²) in [6, 6.07) is 1.66. The number of hydrogen-bond donors (Lipinski definition) is 0. The highest BCUT2D eigenvalue weighted by atomic mass is 15.5. The fourth-order valence-electron chi connectivity index (χ4n) is 0.189. The van der Waals surface area contributed by atoms with E-state index in [0.717, 1.165) is 0 Å². The third kappa shape index (κ3) is 0.523. The second-order valence-corrected chi connectivity index (χ2v) is 0.814. The predicted molar refractivity (Wildman–Crippen MR) is 17.9 cm³/mol. The molecule has 0 aliphatic rings. The maximum atomic E-state index is 7.97. The van der Waals surface area contributed by atoms with Crippen LogP contribution >= 0.6 is 0 Å². The lowest BCUT2D eigenvalue weighted by Crippen LogP contribution is -1.77. The van der Waals surface area contributed by atoms with Crippen molar-refractivity contribution in [2.45, 2.75) is 0 Å². The largest absolute Gasteiger partial charge is 0.321 e. The third-order valence-electron chi connectivity index (χ3n) is 0.419. The van der Waals surface area contributed by atoms with Crippen molar-refractivity contribution in [1.29, 1.82) is 5.26 Å². The quantitative estimate of drug-likeness (QED) is 0.399. The summed E-state index contributed by atoms with van der Waals surface area (Å²) in [7, 11) is 0. The molecule has 0 unspecified atom stereocenters. The minimum Gasteiger partial charge on any atom is -0.321 e. The zero-order valence-electron chi connectivity index (χ0n) is 3.24. The lowest BCUT2D eigenvalue weighted by atomic mass is 10.7. The van der Waals surface area contributed by atoms with E-state index in [0.29, 0.717) is 0 Å². The van der Waals surface area contributed by atoms with E-state index in [1.807, 2.05) is 0 Å². The zero-order chi connectivity index (χ0) is 5.11. The summed E-state index contributed by atoms with van der Waals surface area (Å²) in [6.45, 7) is 0. The van der Waals surface area contributed by atoms with E-state index in [1.54, 1.807) is 6.07 Å². The first kappa shape index (κ1) is 3.74. The Labute approximate surface area is 39.0 Å². The van der Waals surface area contributed by atoms with Crippen molar-refractivity contribution in [3.63, 3.8) is 0 Å². The van der Waals surface area contributed by atoms with Crippen LogP contribution in [-0.2, 0) is 0 Å². The predicted octanol–water partition coefficient (Wildman–Crippen LogP) is -1.30. The van der Waals surface area contributed by atoms with E-state index in [9.17, 15) is 0 Å². The summed E-state index contributed by atoms with van der Waals surface area (Å²) in [4.78, 5) is 0. The van der Waals surface area contributed by atoms with Gasteiger partial charge in [-0.25, -0.2) is 0 Å². The van der Waals surface area contributed by atoms with Crippen molar-refractivity contribution in [2.24, 2.45) is 0 Å². The first-order chi connectivity index (χ1) is 3.43. The summed E-state index contributed by atoms with van der Waals surface area (Å²) in [6.07, 6.45) is 0. The fraction of sp³-hybridized carbons (Fsp3) is 0. The van der Waals surface area contributed by atoms with E-state index < -0.39 is 0 Å². The molecule has 0 atom stereocenters. The maximum Gasteiger partial charge on any atom is 0.111 e. The monoisotopic (exact) mass is 94.0 g/mol. The minimum absolute atomic E-state index is 0.0139. The molecule has 0 bridgehead atoms. The molecule has 0 aliphatic heterocycles. The molecule has 0 amide bonds. The van der Waals surface area contributed by atoms with Crippen LogP contribution in [0.25, 0.3) is 0 Å². The van der Waals surface area contributed by atoms with Crippen molar-refractivity contribution in [1.82, 2.24) is 20.6 Å². The average Bonchev–Trinajstić information content (AvgIpc) is 2.14. The van der Waals surface area contributed by atoms with Crippen LogP contribution in [0.5, 0.6) is 0 Å². The van der Waals surface area contributed by atoms with Gasteiger partial charge in [0.25, 0.3) is 0 Å². The molecule has 0 fully saturated rings. The zero-order valence-corrected chi connectivity index (χ0v) is 3.24. The van der Waals surface area contributed by atoms with Crippen LogP contribution in [0.3, 0.4) is 0 Å². The van der Waals surface area contributed by atoms with Gasteiger partial charge in [-0.05, 0) is 0 Å². The highest BCUT2D eigenvalue weighted by Gasteiger charge is 1.73. The Morgan fingerprint density at radius 1 is 1.71 bits per heavy atom. The SMILES string of the molecule is N#Cc1nnn[n-]1. The molecule has 0 saturated heterocycles. The number of rotatable bonds is 0. The smallest absolute Gasteiger partial charge is 0.111 e. The van der Waals surface area contributed by atoms with Crippen LogP contribution in [0, 0.1) is 11.3 Å². The van der Waals surface area contributed by atoms with Crippen molar-refractivity contribution < 1.29 is 0 Å². The number of aromatic nitrogens is 4. The fourth-order valence-corrected chi connectivity index (χ4v) is 0.189. The first-order valence-corrected chi connectivity index (χ1v) is 1.52. The van der Waals surface area contributed by atoms with Gasteiger partial charge in [-0.2, -0.15) is 10.5 Å². The topological polar surface area (TPSA) is 76.6 Å². The maximum absolute atomic E-state index is 7.97. The average molecular weight is 94.1 g/mol. The van der Waals surface area contributed by atoms with Gasteiger partial charge in [-0.15, -0.1) is 0 Å². The Bertz CT molecular complexity index is 168. The standard InChI is InChI=1S/C2N5/c3-1-2-4-6-7-5-2/q-1. The van der Waals surface area contributed by atoms with Gasteiger partial charge in [0, 0.05) is 0 Å². The van der Waals surface area contributed by atoms with Crippen molar-refractivity contribution >= 4 is 0 Å². The van der Waals surface area contributed by atoms with Crippen LogP contribution in [0.4, 0.5) is 0 Å². The van der Waals surface area contributed by atoms with Gasteiger partial charge in [-0.1, -0.05) is 0 Å². The normalized spacial score (nSPS) is 7.86. The van der Waals surface area contributed by atoms with E-state index in [1.165, 1.54) is 0 Å². The third-order valence-corrected chi connectivity index (χ3v) is 0.419. The second-order valence-electron chi connectivity index (χ2n) is 0.814. The Kier molecular flexibility index (Phi) is 0.717. The summed E-state index contributed by atoms with van der Waals surface area (Å²) >= 11 is 0. The highest BCUT2D eigenvalue weighted by Crippen LogP contribution is 1.69. The van der Waals surface area contributed by atoms with Gasteiger partial charge in [0.2, 0.25) is 0 Å². The number of tetrazole rings is 1. The number of hydrogen-bond acceptors (Lipinski definition) is 4. The number of nitrogens with zero attached hydrogens (tertiary/aromatic N) is 5. The lowest BCUT2D eigenvalue weighted by molar-refractivity contribution is 0.871. The van der Waals surface area contributed by atoms with Crippen LogP contribution in [0.2, 0.25) is 0 Å². The molecule has 5 heteroatoms. The molecule has 0 spiro atoms. The summed E-state index contributed by atoms with van der Waals surface area (Å²) < 4.78 is 0. The molecule has 0 aliphatic carbocycles. The molecule has 7 heavy (non-hydrogen) atoms. The molecule has 1 aromatic heterocycles. The Balaban J connectivity index is 3.04. The molecule has 34 valence electrons. The van der Waals surface area contributed by atoms with Gasteiger partial charge < -0.3 is 5.10 Å². The van der Waals surface area contributed by atoms with Gasteiger partial charge in [-0.3, -0.25) is 10.3 Å². The molecule has 0 aromatic carbocycles. The van der Waals surface area contributed by atoms with E-state index >= 15 is 0 Å². The Hall–Kier alpha value is -1.44. The summed E-state index contributed by atoms with van der Waals surface area (Å²) in [5.74, 6) is 0.0139. The summed E-state index contributed by atoms with van der Waals surface area (Å²) in [5.41, 5.74) is 0. The lowest BCUT2D eigenvalue weighted by Gasteiger charge is -1.71. The van der Waals surface area contributed by atoms with Gasteiger partial charge >= 0.3 is 0 Å². The van der Waals surface area contributed by atoms with Crippen LogP contribution in [0.1, 0.15) is 5.82 Å². The second kappa shape index (κ2) is 1.34.